The molecule has 4 rings (SSSR count). The molecule has 2 heterocycles. The van der Waals surface area contributed by atoms with Gasteiger partial charge in [0.15, 0.2) is 0 Å². The van der Waals surface area contributed by atoms with E-state index in [1.807, 2.05) is 6.08 Å². The molecule has 0 bridgehead atoms. The Balaban J connectivity index is 1.33. The summed E-state index contributed by atoms with van der Waals surface area (Å²) in [6, 6.07) is 15.5. The minimum absolute atomic E-state index is 0.137. The van der Waals surface area contributed by atoms with Crippen LogP contribution in [0.25, 0.3) is 6.08 Å². The Morgan fingerprint density at radius 1 is 1.11 bits per heavy atom. The van der Waals surface area contributed by atoms with E-state index in [2.05, 4.69) is 72.8 Å². The van der Waals surface area contributed by atoms with E-state index < -0.39 is 0 Å². The zero-order valence-electron chi connectivity index (χ0n) is 16.4. The fourth-order valence-electron chi connectivity index (χ4n) is 4.66. The number of aryl methyl sites for hydroxylation is 2. The number of benzene rings is 2. The van der Waals surface area contributed by atoms with Crippen LogP contribution in [-0.2, 0) is 11.8 Å². The predicted octanol–water partition coefficient (Wildman–Crippen LogP) is 5.54. The van der Waals surface area contributed by atoms with Crippen LogP contribution in [0.4, 0.5) is 5.69 Å². The van der Waals surface area contributed by atoms with E-state index in [9.17, 15) is 0 Å². The van der Waals surface area contributed by atoms with E-state index in [0.29, 0.717) is 0 Å². The Labute approximate surface area is 163 Å². The molecule has 0 saturated carbocycles. The molecule has 2 heteroatoms. The number of allylic oxidation sites excluding steroid dienone is 1. The lowest BCUT2D eigenvalue weighted by molar-refractivity contribution is 0.179. The highest BCUT2D eigenvalue weighted by Crippen LogP contribution is 2.49. The van der Waals surface area contributed by atoms with Gasteiger partial charge in [0.05, 0.1) is 0 Å². The zero-order chi connectivity index (χ0) is 18.9. The Hall–Kier alpha value is -2.32. The van der Waals surface area contributed by atoms with E-state index in [0.717, 1.165) is 19.5 Å². The van der Waals surface area contributed by atoms with Gasteiger partial charge < -0.3 is 10.2 Å². The first-order valence-corrected chi connectivity index (χ1v) is 10.1. The largest absolute Gasteiger partial charge is 0.358 e. The predicted molar refractivity (Wildman–Crippen MR) is 116 cm³/mol. The molecule has 2 aromatic rings. The molecule has 0 unspecified atom stereocenters. The molecule has 0 aliphatic carbocycles. The van der Waals surface area contributed by atoms with Gasteiger partial charge >= 0.3 is 0 Å². The van der Waals surface area contributed by atoms with E-state index in [1.54, 1.807) is 0 Å². The van der Waals surface area contributed by atoms with E-state index in [4.69, 9.17) is 0 Å². The molecule has 2 nitrogen and oxygen atoms in total. The van der Waals surface area contributed by atoms with Gasteiger partial charge in [-0.15, -0.1) is 0 Å². The summed E-state index contributed by atoms with van der Waals surface area (Å²) in [6.07, 6.45) is 6.61. The summed E-state index contributed by atoms with van der Waals surface area (Å²) >= 11 is 0. The second-order valence-electron chi connectivity index (χ2n) is 8.13. The van der Waals surface area contributed by atoms with Gasteiger partial charge in [0.2, 0.25) is 0 Å². The van der Waals surface area contributed by atoms with Gasteiger partial charge in [-0.2, -0.15) is 0 Å². The van der Waals surface area contributed by atoms with Crippen LogP contribution >= 0.6 is 0 Å². The third-order valence-electron chi connectivity index (χ3n) is 6.42. The van der Waals surface area contributed by atoms with Gasteiger partial charge in [0.1, 0.15) is 0 Å². The SMILES string of the molecule is C=Cc1ccc(CCCN2CCC3(CC2)C(=C)Nc2ccc(C)cc23)cc1. The first-order valence-electron chi connectivity index (χ1n) is 10.1. The van der Waals surface area contributed by atoms with Crippen molar-refractivity contribution in [2.45, 2.75) is 38.0 Å². The minimum Gasteiger partial charge on any atom is -0.358 e. The number of piperidine rings is 1. The molecule has 1 fully saturated rings. The fourth-order valence-corrected chi connectivity index (χ4v) is 4.66. The van der Waals surface area contributed by atoms with Crippen LogP contribution in [0.15, 0.2) is 61.3 Å². The maximum absolute atomic E-state index is 4.38. The lowest BCUT2D eigenvalue weighted by atomic mass is 9.72. The summed E-state index contributed by atoms with van der Waals surface area (Å²) in [5.74, 6) is 0. The second-order valence-corrected chi connectivity index (χ2v) is 8.13. The van der Waals surface area contributed by atoms with Crippen molar-refractivity contribution in [2.75, 3.05) is 25.0 Å². The molecule has 2 aliphatic rings. The first-order chi connectivity index (χ1) is 13.1. The van der Waals surface area contributed by atoms with Crippen molar-refractivity contribution in [3.05, 3.63) is 83.6 Å². The van der Waals surface area contributed by atoms with Crippen LogP contribution in [0.2, 0.25) is 0 Å². The maximum Gasteiger partial charge on any atom is 0.0424 e. The summed E-state index contributed by atoms with van der Waals surface area (Å²) in [7, 11) is 0. The van der Waals surface area contributed by atoms with Crippen molar-refractivity contribution >= 4 is 11.8 Å². The van der Waals surface area contributed by atoms with Crippen molar-refractivity contribution in [1.29, 1.82) is 0 Å². The van der Waals surface area contributed by atoms with Gasteiger partial charge in [-0.05, 0) is 75.0 Å². The lowest BCUT2D eigenvalue weighted by Gasteiger charge is -2.40. The number of hydrogen-bond donors (Lipinski definition) is 1. The fraction of sp³-hybridized carbons (Fsp3) is 0.360. The molecule has 27 heavy (non-hydrogen) atoms. The lowest BCUT2D eigenvalue weighted by Crippen LogP contribution is -2.43. The number of likely N-dealkylation sites (tertiary alicyclic amines) is 1. The molecule has 0 atom stereocenters. The average Bonchev–Trinajstić information content (AvgIpc) is 2.95. The van der Waals surface area contributed by atoms with Crippen LogP contribution in [0, 0.1) is 6.92 Å². The number of fused-ring (bicyclic) bond motifs is 2. The van der Waals surface area contributed by atoms with E-state index in [1.165, 1.54) is 59.4 Å². The van der Waals surface area contributed by atoms with Crippen molar-refractivity contribution in [3.8, 4) is 0 Å². The monoisotopic (exact) mass is 358 g/mol. The van der Waals surface area contributed by atoms with Crippen LogP contribution in [0.5, 0.6) is 0 Å². The minimum atomic E-state index is 0.137. The van der Waals surface area contributed by atoms with Crippen molar-refractivity contribution < 1.29 is 0 Å². The van der Waals surface area contributed by atoms with Crippen LogP contribution in [0.3, 0.4) is 0 Å². The van der Waals surface area contributed by atoms with Crippen molar-refractivity contribution in [3.63, 3.8) is 0 Å². The Morgan fingerprint density at radius 3 is 2.56 bits per heavy atom. The summed E-state index contributed by atoms with van der Waals surface area (Å²) in [4.78, 5) is 2.63. The van der Waals surface area contributed by atoms with Crippen LogP contribution in [0.1, 0.15) is 41.5 Å². The Bertz CT molecular complexity index is 839. The van der Waals surface area contributed by atoms with Gasteiger partial charge in [-0.25, -0.2) is 0 Å². The molecule has 1 spiro atoms. The smallest absolute Gasteiger partial charge is 0.0424 e. The maximum atomic E-state index is 4.38. The Morgan fingerprint density at radius 2 is 1.85 bits per heavy atom. The standard InChI is InChI=1S/C25H30N2/c1-4-21-8-10-22(11-9-21)6-5-15-27-16-13-25(14-17-27)20(3)26-24-12-7-19(2)18-23(24)25/h4,7-12,18,26H,1,3,5-6,13-17H2,2H3. The molecular weight excluding hydrogens is 328 g/mol. The third-order valence-corrected chi connectivity index (χ3v) is 6.42. The number of anilines is 1. The molecule has 1 N–H and O–H groups in total. The molecule has 2 aliphatic heterocycles. The number of nitrogens with one attached hydrogen (secondary N) is 1. The normalized spacial score (nSPS) is 18.3. The molecular formula is C25H30N2. The highest BCUT2D eigenvalue weighted by Gasteiger charge is 2.44. The number of hydrogen-bond acceptors (Lipinski definition) is 2. The zero-order valence-corrected chi connectivity index (χ0v) is 16.4. The number of nitrogens with zero attached hydrogens (tertiary/aromatic N) is 1. The summed E-state index contributed by atoms with van der Waals surface area (Å²) in [5.41, 5.74) is 8.03. The van der Waals surface area contributed by atoms with E-state index in [-0.39, 0.29) is 5.41 Å². The van der Waals surface area contributed by atoms with Crippen molar-refractivity contribution in [2.24, 2.45) is 0 Å². The van der Waals surface area contributed by atoms with Gasteiger partial charge in [0, 0.05) is 16.8 Å². The first kappa shape index (κ1) is 18.1. The van der Waals surface area contributed by atoms with Crippen molar-refractivity contribution in [1.82, 2.24) is 4.90 Å². The summed E-state index contributed by atoms with van der Waals surface area (Å²) in [6.45, 7) is 13.9. The highest BCUT2D eigenvalue weighted by atomic mass is 15.1. The van der Waals surface area contributed by atoms with Crippen LogP contribution in [-0.4, -0.2) is 24.5 Å². The summed E-state index contributed by atoms with van der Waals surface area (Å²) < 4.78 is 0. The third kappa shape index (κ3) is 3.46. The van der Waals surface area contributed by atoms with Gasteiger partial charge in [-0.3, -0.25) is 0 Å². The summed E-state index contributed by atoms with van der Waals surface area (Å²) in [5, 5.41) is 3.55. The Kier molecular flexibility index (Phi) is 4.92. The second kappa shape index (κ2) is 7.36. The van der Waals surface area contributed by atoms with Crippen LogP contribution < -0.4 is 5.32 Å². The molecule has 1 saturated heterocycles. The topological polar surface area (TPSA) is 15.3 Å². The van der Waals surface area contributed by atoms with Gasteiger partial charge in [-0.1, -0.05) is 61.2 Å². The molecule has 0 aromatic heterocycles. The molecule has 2 aromatic carbocycles. The average molecular weight is 359 g/mol. The molecule has 0 radical (unpaired) electrons. The van der Waals surface area contributed by atoms with Gasteiger partial charge in [0.25, 0.3) is 0 Å². The molecule has 140 valence electrons. The number of rotatable bonds is 5. The highest BCUT2D eigenvalue weighted by molar-refractivity contribution is 5.68. The molecule has 0 amide bonds. The quantitative estimate of drug-likeness (QED) is 0.754. The van der Waals surface area contributed by atoms with E-state index >= 15 is 0 Å².